The van der Waals surface area contributed by atoms with Gasteiger partial charge in [0.1, 0.15) is 0 Å². The van der Waals surface area contributed by atoms with Crippen molar-refractivity contribution in [2.75, 3.05) is 11.4 Å². The maximum absolute atomic E-state index is 8.91. The van der Waals surface area contributed by atoms with Gasteiger partial charge in [0.25, 0.3) is 0 Å². The number of aliphatic hydroxyl groups is 1. The summed E-state index contributed by atoms with van der Waals surface area (Å²) in [6.07, 6.45) is 2.43. The fourth-order valence-electron chi connectivity index (χ4n) is 2.34. The van der Waals surface area contributed by atoms with Gasteiger partial charge in [-0.05, 0) is 37.8 Å². The summed E-state index contributed by atoms with van der Waals surface area (Å²) in [5, 5.41) is 17.1. The van der Waals surface area contributed by atoms with E-state index in [1.807, 2.05) is 12.1 Å². The summed E-state index contributed by atoms with van der Waals surface area (Å²) in [5.41, 5.74) is 0.627. The third kappa shape index (κ3) is 2.32. The Morgan fingerprint density at radius 1 is 1.38 bits per heavy atom. The summed E-state index contributed by atoms with van der Waals surface area (Å²) in [6.45, 7) is 5.54. The van der Waals surface area contributed by atoms with Gasteiger partial charge in [0.2, 0.25) is 0 Å². The molecule has 1 aromatic heterocycles. The monoisotopic (exact) mass is 221 g/mol. The van der Waals surface area contributed by atoms with E-state index in [1.54, 1.807) is 0 Å². The van der Waals surface area contributed by atoms with E-state index in [4.69, 9.17) is 5.11 Å². The first-order valence-electron chi connectivity index (χ1n) is 5.91. The van der Waals surface area contributed by atoms with Crippen molar-refractivity contribution in [2.45, 2.75) is 39.3 Å². The van der Waals surface area contributed by atoms with E-state index in [9.17, 15) is 0 Å². The highest BCUT2D eigenvalue weighted by Gasteiger charge is 2.23. The Labute approximate surface area is 96.3 Å². The third-order valence-corrected chi connectivity index (χ3v) is 3.30. The van der Waals surface area contributed by atoms with Crippen molar-refractivity contribution in [1.82, 2.24) is 10.2 Å². The van der Waals surface area contributed by atoms with E-state index in [-0.39, 0.29) is 6.61 Å². The zero-order valence-corrected chi connectivity index (χ0v) is 9.93. The van der Waals surface area contributed by atoms with Gasteiger partial charge in [-0.15, -0.1) is 5.10 Å². The number of anilines is 1. The Kier molecular flexibility index (Phi) is 3.39. The molecule has 1 aromatic rings. The van der Waals surface area contributed by atoms with Crippen LogP contribution >= 0.6 is 0 Å². The summed E-state index contributed by atoms with van der Waals surface area (Å²) >= 11 is 0. The van der Waals surface area contributed by atoms with Gasteiger partial charge in [0.05, 0.1) is 12.3 Å². The molecule has 4 heteroatoms. The highest BCUT2D eigenvalue weighted by molar-refractivity contribution is 5.39. The molecule has 1 saturated heterocycles. The number of aromatic nitrogens is 2. The van der Waals surface area contributed by atoms with Crippen molar-refractivity contribution in [3.05, 3.63) is 17.8 Å². The molecule has 0 saturated carbocycles. The van der Waals surface area contributed by atoms with Gasteiger partial charge < -0.3 is 10.0 Å². The molecule has 2 unspecified atom stereocenters. The van der Waals surface area contributed by atoms with Gasteiger partial charge in [-0.1, -0.05) is 6.92 Å². The number of hydrogen-bond acceptors (Lipinski definition) is 4. The Balaban J connectivity index is 2.11. The summed E-state index contributed by atoms with van der Waals surface area (Å²) in [6, 6.07) is 4.32. The van der Waals surface area contributed by atoms with Gasteiger partial charge in [0, 0.05) is 12.6 Å². The topological polar surface area (TPSA) is 49.2 Å². The van der Waals surface area contributed by atoms with Crippen LogP contribution in [0.1, 0.15) is 32.4 Å². The summed E-state index contributed by atoms with van der Waals surface area (Å²) in [4.78, 5) is 2.30. The molecule has 0 bridgehead atoms. The fraction of sp³-hybridized carbons (Fsp3) is 0.667. The van der Waals surface area contributed by atoms with Crippen LogP contribution in [-0.2, 0) is 6.61 Å². The molecular formula is C12H19N3O. The van der Waals surface area contributed by atoms with Crippen molar-refractivity contribution in [3.63, 3.8) is 0 Å². The smallest absolute Gasteiger partial charge is 0.151 e. The SMILES string of the molecule is CC1CCN(c2ccc(CO)nn2)C(C)C1. The van der Waals surface area contributed by atoms with Crippen LogP contribution in [0.25, 0.3) is 0 Å². The average Bonchev–Trinajstić information content (AvgIpc) is 2.29. The lowest BCUT2D eigenvalue weighted by Crippen LogP contribution is -2.40. The first kappa shape index (κ1) is 11.3. The Morgan fingerprint density at radius 3 is 2.75 bits per heavy atom. The van der Waals surface area contributed by atoms with E-state index in [2.05, 4.69) is 28.9 Å². The molecule has 1 fully saturated rings. The molecule has 4 nitrogen and oxygen atoms in total. The van der Waals surface area contributed by atoms with E-state index >= 15 is 0 Å². The molecule has 16 heavy (non-hydrogen) atoms. The van der Waals surface area contributed by atoms with Crippen LogP contribution in [0.5, 0.6) is 0 Å². The highest BCUT2D eigenvalue weighted by atomic mass is 16.3. The zero-order chi connectivity index (χ0) is 11.5. The van der Waals surface area contributed by atoms with E-state index in [0.717, 1.165) is 18.3 Å². The van der Waals surface area contributed by atoms with Crippen molar-refractivity contribution in [3.8, 4) is 0 Å². The molecule has 0 radical (unpaired) electrons. The molecular weight excluding hydrogens is 202 g/mol. The van der Waals surface area contributed by atoms with Crippen molar-refractivity contribution in [1.29, 1.82) is 0 Å². The molecule has 2 atom stereocenters. The van der Waals surface area contributed by atoms with Crippen LogP contribution in [-0.4, -0.2) is 27.9 Å². The van der Waals surface area contributed by atoms with Crippen LogP contribution < -0.4 is 4.90 Å². The van der Waals surface area contributed by atoms with Crippen LogP contribution in [0.4, 0.5) is 5.82 Å². The molecule has 88 valence electrons. The number of nitrogens with zero attached hydrogens (tertiary/aromatic N) is 3. The van der Waals surface area contributed by atoms with Gasteiger partial charge in [-0.2, -0.15) is 5.10 Å². The minimum atomic E-state index is -0.0418. The Hall–Kier alpha value is -1.16. The second-order valence-electron chi connectivity index (χ2n) is 4.71. The molecule has 1 aliphatic rings. The lowest BCUT2D eigenvalue weighted by atomic mass is 9.93. The lowest BCUT2D eigenvalue weighted by molar-refractivity contribution is 0.275. The standard InChI is InChI=1S/C12H19N3O/c1-9-5-6-15(10(2)7-9)12-4-3-11(8-16)13-14-12/h3-4,9-10,16H,5-8H2,1-2H3. The van der Waals surface area contributed by atoms with Gasteiger partial charge in [0.15, 0.2) is 5.82 Å². The van der Waals surface area contributed by atoms with Crippen molar-refractivity contribution >= 4 is 5.82 Å². The van der Waals surface area contributed by atoms with Crippen LogP contribution in [0.2, 0.25) is 0 Å². The van der Waals surface area contributed by atoms with Crippen LogP contribution in [0.15, 0.2) is 12.1 Å². The van der Waals surface area contributed by atoms with Crippen LogP contribution in [0, 0.1) is 5.92 Å². The van der Waals surface area contributed by atoms with E-state index in [0.29, 0.717) is 11.7 Å². The predicted molar refractivity (Wildman–Crippen MR) is 63.2 cm³/mol. The normalized spacial score (nSPS) is 25.8. The van der Waals surface area contributed by atoms with Gasteiger partial charge in [-0.25, -0.2) is 0 Å². The second kappa shape index (κ2) is 4.78. The lowest BCUT2D eigenvalue weighted by Gasteiger charge is -2.37. The maximum atomic E-state index is 8.91. The molecule has 0 spiro atoms. The first-order chi connectivity index (χ1) is 7.70. The highest BCUT2D eigenvalue weighted by Crippen LogP contribution is 2.25. The molecule has 2 rings (SSSR count). The number of hydrogen-bond donors (Lipinski definition) is 1. The third-order valence-electron chi connectivity index (χ3n) is 3.30. The fourth-order valence-corrected chi connectivity index (χ4v) is 2.34. The largest absolute Gasteiger partial charge is 0.390 e. The zero-order valence-electron chi connectivity index (χ0n) is 9.93. The summed E-state index contributed by atoms with van der Waals surface area (Å²) in [5.74, 6) is 1.73. The predicted octanol–water partition coefficient (Wildman–Crippen LogP) is 1.59. The minimum absolute atomic E-state index is 0.0418. The summed E-state index contributed by atoms with van der Waals surface area (Å²) in [7, 11) is 0. The Bertz CT molecular complexity index is 339. The number of rotatable bonds is 2. The van der Waals surface area contributed by atoms with Gasteiger partial charge in [-0.3, -0.25) is 0 Å². The maximum Gasteiger partial charge on any atom is 0.151 e. The first-order valence-corrected chi connectivity index (χ1v) is 5.91. The van der Waals surface area contributed by atoms with Crippen molar-refractivity contribution in [2.24, 2.45) is 5.92 Å². The van der Waals surface area contributed by atoms with E-state index < -0.39 is 0 Å². The Morgan fingerprint density at radius 2 is 2.19 bits per heavy atom. The quantitative estimate of drug-likeness (QED) is 0.824. The molecule has 0 amide bonds. The van der Waals surface area contributed by atoms with Crippen LogP contribution in [0.3, 0.4) is 0 Å². The summed E-state index contributed by atoms with van der Waals surface area (Å²) < 4.78 is 0. The minimum Gasteiger partial charge on any atom is -0.390 e. The molecule has 0 aromatic carbocycles. The molecule has 1 aliphatic heterocycles. The molecule has 2 heterocycles. The molecule has 1 N–H and O–H groups in total. The second-order valence-corrected chi connectivity index (χ2v) is 4.71. The number of aliphatic hydroxyl groups excluding tert-OH is 1. The van der Waals surface area contributed by atoms with E-state index in [1.165, 1.54) is 12.8 Å². The average molecular weight is 221 g/mol. The molecule has 0 aliphatic carbocycles. The number of piperidine rings is 1. The van der Waals surface area contributed by atoms with Crippen molar-refractivity contribution < 1.29 is 5.11 Å². The van der Waals surface area contributed by atoms with Gasteiger partial charge >= 0.3 is 0 Å².